The maximum atomic E-state index is 13.7. The number of fused-ring (bicyclic) bond motifs is 2. The van der Waals surface area contributed by atoms with Gasteiger partial charge in [0, 0.05) is 31.2 Å². The zero-order valence-corrected chi connectivity index (χ0v) is 12.2. The third-order valence-electron chi connectivity index (χ3n) is 4.82. The minimum Gasteiger partial charge on any atom is -0.373 e. The summed E-state index contributed by atoms with van der Waals surface area (Å²) in [5, 5.41) is 0. The van der Waals surface area contributed by atoms with Gasteiger partial charge in [0.2, 0.25) is 0 Å². The van der Waals surface area contributed by atoms with Crippen LogP contribution in [0.15, 0.2) is 18.2 Å². The van der Waals surface area contributed by atoms with Crippen molar-refractivity contribution in [2.75, 3.05) is 44.7 Å². The number of rotatable bonds is 3. The molecule has 1 saturated heterocycles. The molecule has 20 heavy (non-hydrogen) atoms. The van der Waals surface area contributed by atoms with E-state index in [-0.39, 0.29) is 11.2 Å². The predicted molar refractivity (Wildman–Crippen MR) is 80.7 cm³/mol. The fraction of sp³-hybridized carbons (Fsp3) is 0.625. The summed E-state index contributed by atoms with van der Waals surface area (Å²) in [5.74, 6) is -0.113. The van der Waals surface area contributed by atoms with E-state index in [1.807, 2.05) is 6.07 Å². The molecule has 0 aromatic heterocycles. The van der Waals surface area contributed by atoms with Gasteiger partial charge in [-0.25, -0.2) is 4.39 Å². The number of anilines is 1. The fourth-order valence-electron chi connectivity index (χ4n) is 3.97. The van der Waals surface area contributed by atoms with Gasteiger partial charge in [0.15, 0.2) is 0 Å². The summed E-state index contributed by atoms with van der Waals surface area (Å²) >= 11 is 0. The lowest BCUT2D eigenvalue weighted by molar-refractivity contribution is 0.154. The Kier molecular flexibility index (Phi) is 3.69. The van der Waals surface area contributed by atoms with Crippen LogP contribution < -0.4 is 10.6 Å². The van der Waals surface area contributed by atoms with E-state index in [0.717, 1.165) is 45.6 Å². The van der Waals surface area contributed by atoms with Gasteiger partial charge < -0.3 is 15.5 Å². The van der Waals surface area contributed by atoms with Crippen LogP contribution in [-0.2, 0) is 5.41 Å². The molecule has 0 saturated carbocycles. The first kappa shape index (κ1) is 13.8. The Morgan fingerprint density at radius 1 is 1.35 bits per heavy atom. The van der Waals surface area contributed by atoms with Crippen LogP contribution in [0.5, 0.6) is 0 Å². The molecule has 0 bridgehead atoms. The molecule has 2 heterocycles. The van der Waals surface area contributed by atoms with Gasteiger partial charge in [0.05, 0.1) is 0 Å². The fourth-order valence-corrected chi connectivity index (χ4v) is 3.97. The summed E-state index contributed by atoms with van der Waals surface area (Å²) in [5.41, 5.74) is 8.14. The molecular formula is C16H24FN3. The van der Waals surface area contributed by atoms with E-state index in [4.69, 9.17) is 5.73 Å². The summed E-state index contributed by atoms with van der Waals surface area (Å²) in [6, 6.07) is 5.26. The van der Waals surface area contributed by atoms with Gasteiger partial charge in [-0.15, -0.1) is 0 Å². The number of likely N-dealkylation sites (tertiary alicyclic amines) is 1. The van der Waals surface area contributed by atoms with Crippen LogP contribution in [0.25, 0.3) is 0 Å². The number of hydrogen-bond donors (Lipinski definition) is 1. The van der Waals surface area contributed by atoms with Gasteiger partial charge >= 0.3 is 0 Å². The van der Waals surface area contributed by atoms with Crippen molar-refractivity contribution in [2.24, 2.45) is 5.73 Å². The molecule has 1 fully saturated rings. The van der Waals surface area contributed by atoms with Crippen molar-refractivity contribution in [1.82, 2.24) is 4.90 Å². The van der Waals surface area contributed by atoms with E-state index in [9.17, 15) is 4.39 Å². The van der Waals surface area contributed by atoms with E-state index in [2.05, 4.69) is 16.8 Å². The first-order valence-electron chi connectivity index (χ1n) is 7.58. The van der Waals surface area contributed by atoms with Gasteiger partial charge in [-0.2, -0.15) is 0 Å². The number of piperidine rings is 1. The molecule has 3 nitrogen and oxygen atoms in total. The van der Waals surface area contributed by atoms with Crippen molar-refractivity contribution >= 4 is 5.69 Å². The highest BCUT2D eigenvalue weighted by Gasteiger charge is 2.44. The second-order valence-electron chi connectivity index (χ2n) is 6.32. The summed E-state index contributed by atoms with van der Waals surface area (Å²) in [7, 11) is 2.12. The summed E-state index contributed by atoms with van der Waals surface area (Å²) in [4.78, 5) is 4.78. The Morgan fingerprint density at radius 2 is 2.20 bits per heavy atom. The number of halogens is 1. The molecule has 1 aromatic rings. The second kappa shape index (κ2) is 5.34. The number of hydrogen-bond acceptors (Lipinski definition) is 3. The van der Waals surface area contributed by atoms with Crippen LogP contribution in [0.2, 0.25) is 0 Å². The lowest BCUT2D eigenvalue weighted by Crippen LogP contribution is -2.48. The van der Waals surface area contributed by atoms with Crippen molar-refractivity contribution in [1.29, 1.82) is 0 Å². The number of nitrogens with two attached hydrogens (primary N) is 1. The Morgan fingerprint density at radius 3 is 3.00 bits per heavy atom. The van der Waals surface area contributed by atoms with Gasteiger partial charge in [-0.3, -0.25) is 0 Å². The van der Waals surface area contributed by atoms with E-state index >= 15 is 0 Å². The lowest BCUT2D eigenvalue weighted by atomic mass is 9.75. The van der Waals surface area contributed by atoms with Crippen LogP contribution in [0.3, 0.4) is 0 Å². The molecule has 2 aliphatic rings. The molecule has 2 N–H and O–H groups in total. The molecular weight excluding hydrogens is 253 g/mol. The zero-order chi connectivity index (χ0) is 14.2. The minimum absolute atomic E-state index is 0.110. The number of likely N-dealkylation sites (N-methyl/N-ethyl adjacent to an activating group) is 1. The summed E-state index contributed by atoms with van der Waals surface area (Å²) in [6.45, 7) is 5.00. The average Bonchev–Trinajstić information content (AvgIpc) is 2.69. The molecule has 1 spiro atoms. The normalized spacial score (nSPS) is 26.2. The molecule has 4 heteroatoms. The van der Waals surface area contributed by atoms with Crippen molar-refractivity contribution in [3.63, 3.8) is 0 Å². The number of nitrogens with zero attached hydrogens (tertiary/aromatic N) is 2. The minimum atomic E-state index is -0.113. The Bertz CT molecular complexity index is 491. The predicted octanol–water partition coefficient (Wildman–Crippen LogP) is 1.96. The third kappa shape index (κ3) is 2.31. The lowest BCUT2D eigenvalue weighted by Gasteiger charge is -2.41. The van der Waals surface area contributed by atoms with Gasteiger partial charge in [-0.05, 0) is 62.7 Å². The molecule has 0 aliphatic carbocycles. The van der Waals surface area contributed by atoms with E-state index < -0.39 is 0 Å². The molecule has 1 atom stereocenters. The molecule has 1 aromatic carbocycles. The van der Waals surface area contributed by atoms with E-state index in [1.165, 1.54) is 17.7 Å². The molecule has 0 radical (unpaired) electrons. The monoisotopic (exact) mass is 277 g/mol. The van der Waals surface area contributed by atoms with Gasteiger partial charge in [0.25, 0.3) is 0 Å². The first-order chi connectivity index (χ1) is 9.64. The van der Waals surface area contributed by atoms with Crippen LogP contribution >= 0.6 is 0 Å². The molecule has 3 rings (SSSR count). The SMILES string of the molecule is CN1CC2(CCCN(CCCN)C2)c2cc(F)ccc21. The highest BCUT2D eigenvalue weighted by Crippen LogP contribution is 2.45. The van der Waals surface area contributed by atoms with Crippen LogP contribution in [-0.4, -0.2) is 44.7 Å². The van der Waals surface area contributed by atoms with Gasteiger partial charge in [0.1, 0.15) is 5.82 Å². The maximum absolute atomic E-state index is 13.7. The molecule has 0 amide bonds. The highest BCUT2D eigenvalue weighted by molar-refractivity contribution is 5.62. The van der Waals surface area contributed by atoms with Gasteiger partial charge in [-0.1, -0.05) is 0 Å². The first-order valence-corrected chi connectivity index (χ1v) is 7.58. The molecule has 1 unspecified atom stereocenters. The Labute approximate surface area is 120 Å². The summed E-state index contributed by atoms with van der Waals surface area (Å²) < 4.78 is 13.7. The van der Waals surface area contributed by atoms with E-state index in [1.54, 1.807) is 12.1 Å². The highest BCUT2D eigenvalue weighted by atomic mass is 19.1. The van der Waals surface area contributed by atoms with Crippen LogP contribution in [0.4, 0.5) is 10.1 Å². The van der Waals surface area contributed by atoms with Crippen molar-refractivity contribution in [3.05, 3.63) is 29.6 Å². The quantitative estimate of drug-likeness (QED) is 0.916. The molecule has 110 valence electrons. The third-order valence-corrected chi connectivity index (χ3v) is 4.82. The van der Waals surface area contributed by atoms with Crippen LogP contribution in [0.1, 0.15) is 24.8 Å². The standard InChI is InChI=1S/C16H24FN3/c1-19-11-16(14-10-13(17)4-5-15(14)19)6-2-8-20(12-16)9-3-7-18/h4-5,10H,2-3,6-9,11-12,18H2,1H3. The Hall–Kier alpha value is -1.13. The topological polar surface area (TPSA) is 32.5 Å². The largest absolute Gasteiger partial charge is 0.373 e. The smallest absolute Gasteiger partial charge is 0.123 e. The van der Waals surface area contributed by atoms with Crippen molar-refractivity contribution in [3.8, 4) is 0 Å². The van der Waals surface area contributed by atoms with Crippen molar-refractivity contribution < 1.29 is 4.39 Å². The zero-order valence-electron chi connectivity index (χ0n) is 12.2. The van der Waals surface area contributed by atoms with Crippen LogP contribution in [0, 0.1) is 5.82 Å². The average molecular weight is 277 g/mol. The molecule has 2 aliphatic heterocycles. The van der Waals surface area contributed by atoms with E-state index in [0.29, 0.717) is 0 Å². The summed E-state index contributed by atoms with van der Waals surface area (Å²) in [6.07, 6.45) is 3.39. The Balaban J connectivity index is 1.88. The second-order valence-corrected chi connectivity index (χ2v) is 6.32. The number of benzene rings is 1. The van der Waals surface area contributed by atoms with Crippen molar-refractivity contribution in [2.45, 2.75) is 24.7 Å². The maximum Gasteiger partial charge on any atom is 0.123 e.